The number of hydrogen-bond donors (Lipinski definition) is 2. The summed E-state index contributed by atoms with van der Waals surface area (Å²) in [6.45, 7) is 19.0. The highest BCUT2D eigenvalue weighted by Gasteiger charge is 2.68. The summed E-state index contributed by atoms with van der Waals surface area (Å²) in [5.41, 5.74) is -1.40. The molecule has 0 heterocycles. The van der Waals surface area contributed by atoms with Crippen LogP contribution in [0.5, 0.6) is 0 Å². The second-order valence-corrected chi connectivity index (χ2v) is 14.9. The predicted octanol–water partition coefficient (Wildman–Crippen LogP) is 5.25. The van der Waals surface area contributed by atoms with Crippen molar-refractivity contribution in [2.45, 2.75) is 123 Å². The van der Waals surface area contributed by atoms with Crippen LogP contribution in [0.25, 0.3) is 0 Å². The third-order valence-corrected chi connectivity index (χ3v) is 13.4. The van der Waals surface area contributed by atoms with Gasteiger partial charge in [0.2, 0.25) is 0 Å². The first-order chi connectivity index (χ1) is 18.4. The van der Waals surface area contributed by atoms with Crippen molar-refractivity contribution in [3.63, 3.8) is 0 Å². The van der Waals surface area contributed by atoms with Crippen LogP contribution in [0.4, 0.5) is 0 Å². The molecule has 4 fully saturated rings. The second kappa shape index (κ2) is 11.8. The Bertz CT molecular complexity index is 924. The number of aliphatic hydroxyl groups excluding tert-OH is 2. The van der Waals surface area contributed by atoms with Gasteiger partial charge in [0.25, 0.3) is 0 Å². The van der Waals surface area contributed by atoms with Crippen molar-refractivity contribution in [1.29, 1.82) is 0 Å². The summed E-state index contributed by atoms with van der Waals surface area (Å²) in [7, 11) is 0. The van der Waals surface area contributed by atoms with Crippen molar-refractivity contribution < 1.29 is 24.5 Å². The smallest absolute Gasteiger partial charge is 0.316 e. The fourth-order valence-electron chi connectivity index (χ4n) is 9.21. The van der Waals surface area contributed by atoms with Gasteiger partial charge in [-0.15, -0.1) is 18.3 Å². The van der Waals surface area contributed by atoms with Crippen LogP contribution in [-0.2, 0) is 14.3 Å². The molecule has 0 aromatic carbocycles. The zero-order chi connectivity index (χ0) is 28.8. The SMILES string of the molecule is C=C[C@]1(C)C[C@@H](OC(=O)CS[C@H]2C[C@H](N(CC)CC)CC[C@@H]2O)[C@]2(C)[C@H](C)CC[C@]3(CCC(=O)[C@H]32)[C@@H](C)[C@@H]1O. The summed E-state index contributed by atoms with van der Waals surface area (Å²) in [5, 5.41) is 22.4. The molecule has 4 rings (SSSR count). The molecule has 4 saturated carbocycles. The van der Waals surface area contributed by atoms with Crippen LogP contribution in [0.15, 0.2) is 12.7 Å². The molecule has 0 saturated heterocycles. The van der Waals surface area contributed by atoms with Gasteiger partial charge in [0.15, 0.2) is 0 Å². The largest absolute Gasteiger partial charge is 0.461 e. The molecule has 0 aromatic heterocycles. The van der Waals surface area contributed by atoms with Gasteiger partial charge in [-0.3, -0.25) is 9.59 Å². The van der Waals surface area contributed by atoms with Crippen molar-refractivity contribution in [3.05, 3.63) is 12.7 Å². The van der Waals surface area contributed by atoms with E-state index in [1.54, 1.807) is 0 Å². The third kappa shape index (κ3) is 5.28. The summed E-state index contributed by atoms with van der Waals surface area (Å²) in [6.07, 6.45) is 6.58. The number of nitrogens with zero attached hydrogens (tertiary/aromatic N) is 1. The van der Waals surface area contributed by atoms with E-state index in [2.05, 4.69) is 46.1 Å². The lowest BCUT2D eigenvalue weighted by atomic mass is 9.44. The van der Waals surface area contributed by atoms with Gasteiger partial charge >= 0.3 is 5.97 Å². The fraction of sp³-hybridized carbons (Fsp3) is 0.875. The van der Waals surface area contributed by atoms with Crippen molar-refractivity contribution in [3.8, 4) is 0 Å². The van der Waals surface area contributed by atoms with E-state index in [1.807, 2.05) is 13.0 Å². The zero-order valence-electron chi connectivity index (χ0n) is 25.2. The molecular weight excluding hydrogens is 510 g/mol. The molecule has 4 aliphatic carbocycles. The molecule has 0 radical (unpaired) electrons. The van der Waals surface area contributed by atoms with Crippen LogP contribution in [0.2, 0.25) is 0 Å². The van der Waals surface area contributed by atoms with Gasteiger partial charge in [-0.2, -0.15) is 0 Å². The van der Waals surface area contributed by atoms with E-state index in [1.165, 1.54) is 11.8 Å². The Morgan fingerprint density at radius 1 is 1.15 bits per heavy atom. The Labute approximate surface area is 240 Å². The molecular formula is C32H53NO5S. The van der Waals surface area contributed by atoms with Crippen LogP contribution < -0.4 is 0 Å². The van der Waals surface area contributed by atoms with Crippen LogP contribution in [0.1, 0.15) is 92.9 Å². The van der Waals surface area contributed by atoms with Gasteiger partial charge < -0.3 is 19.8 Å². The van der Waals surface area contributed by atoms with E-state index in [4.69, 9.17) is 4.74 Å². The first-order valence-corrected chi connectivity index (χ1v) is 16.5. The van der Waals surface area contributed by atoms with Crippen LogP contribution >= 0.6 is 11.8 Å². The maximum absolute atomic E-state index is 13.6. The number of rotatable bonds is 8. The Morgan fingerprint density at radius 2 is 1.85 bits per heavy atom. The average Bonchev–Trinajstić information content (AvgIpc) is 3.27. The molecule has 0 aliphatic heterocycles. The molecule has 2 N–H and O–H groups in total. The van der Waals surface area contributed by atoms with E-state index in [0.29, 0.717) is 18.9 Å². The molecule has 2 bridgehead atoms. The Kier molecular flexibility index (Phi) is 9.37. The highest BCUT2D eigenvalue weighted by Crippen LogP contribution is 2.68. The second-order valence-electron chi connectivity index (χ2n) is 13.7. The van der Waals surface area contributed by atoms with E-state index in [0.717, 1.165) is 51.6 Å². The maximum atomic E-state index is 13.6. The van der Waals surface area contributed by atoms with Crippen LogP contribution in [0.3, 0.4) is 0 Å². The lowest BCUT2D eigenvalue weighted by Gasteiger charge is -2.61. The molecule has 6 nitrogen and oxygen atoms in total. The number of esters is 1. The molecule has 0 aromatic rings. The number of Topliss-reactive ketones (excluding diaryl/α,β-unsaturated/α-hetero) is 1. The number of ether oxygens (including phenoxy) is 1. The summed E-state index contributed by atoms with van der Waals surface area (Å²) < 4.78 is 6.40. The van der Waals surface area contributed by atoms with Crippen LogP contribution in [0, 0.1) is 34.0 Å². The molecule has 11 atom stereocenters. The van der Waals surface area contributed by atoms with Crippen molar-refractivity contribution >= 4 is 23.5 Å². The number of hydrogen-bond acceptors (Lipinski definition) is 7. The number of aliphatic hydroxyl groups is 2. The molecule has 7 heteroatoms. The van der Waals surface area contributed by atoms with E-state index >= 15 is 0 Å². The Hall–Kier alpha value is -0.890. The Balaban J connectivity index is 1.57. The minimum absolute atomic E-state index is 0.00333. The van der Waals surface area contributed by atoms with Crippen molar-refractivity contribution in [2.75, 3.05) is 18.8 Å². The lowest BCUT2D eigenvalue weighted by molar-refractivity contribution is -0.205. The van der Waals surface area contributed by atoms with E-state index in [-0.39, 0.29) is 45.9 Å². The minimum Gasteiger partial charge on any atom is -0.461 e. The number of carbonyl (C=O) groups is 2. The van der Waals surface area contributed by atoms with Crippen molar-refractivity contribution in [1.82, 2.24) is 4.90 Å². The lowest BCUT2D eigenvalue weighted by Crippen LogP contribution is -2.63. The van der Waals surface area contributed by atoms with Gasteiger partial charge in [0, 0.05) is 34.5 Å². The topological polar surface area (TPSA) is 87.1 Å². The highest BCUT2D eigenvalue weighted by molar-refractivity contribution is 8.00. The molecule has 39 heavy (non-hydrogen) atoms. The van der Waals surface area contributed by atoms with Gasteiger partial charge in [0.05, 0.1) is 18.0 Å². The number of carbonyl (C=O) groups excluding carboxylic acids is 2. The van der Waals surface area contributed by atoms with Gasteiger partial charge in [-0.05, 0) is 75.3 Å². The summed E-state index contributed by atoms with van der Waals surface area (Å²) in [5.74, 6) is 0.131. The van der Waals surface area contributed by atoms with E-state index in [9.17, 15) is 19.8 Å². The van der Waals surface area contributed by atoms with Crippen LogP contribution in [-0.4, -0.2) is 75.3 Å². The number of thioether (sulfide) groups is 1. The molecule has 0 amide bonds. The first kappa shape index (κ1) is 31.1. The monoisotopic (exact) mass is 563 g/mol. The van der Waals surface area contributed by atoms with Gasteiger partial charge in [0.1, 0.15) is 11.9 Å². The zero-order valence-corrected chi connectivity index (χ0v) is 26.0. The van der Waals surface area contributed by atoms with Gasteiger partial charge in [-0.25, -0.2) is 0 Å². The minimum atomic E-state index is -0.661. The molecule has 0 spiro atoms. The maximum Gasteiger partial charge on any atom is 0.316 e. The van der Waals surface area contributed by atoms with E-state index < -0.39 is 29.1 Å². The highest BCUT2D eigenvalue weighted by atomic mass is 32.2. The Morgan fingerprint density at radius 3 is 2.49 bits per heavy atom. The predicted molar refractivity (Wildman–Crippen MR) is 157 cm³/mol. The summed E-state index contributed by atoms with van der Waals surface area (Å²) in [6, 6.07) is 0.433. The molecule has 4 aliphatic rings. The average molecular weight is 564 g/mol. The van der Waals surface area contributed by atoms with Crippen molar-refractivity contribution in [2.24, 2.45) is 34.0 Å². The molecule has 0 unspecified atom stereocenters. The fourth-order valence-corrected chi connectivity index (χ4v) is 10.3. The van der Waals surface area contributed by atoms with Gasteiger partial charge in [-0.1, -0.05) is 47.6 Å². The third-order valence-electron chi connectivity index (χ3n) is 12.0. The standard InChI is InChI=1S/C32H53NO5S/c1-8-30(6)18-26(38-27(36)19-39-25-17-22(11-12-23(25)34)33(9-2)10-3)31(7)20(4)13-15-32(21(5)29(30)37)16-14-24(35)28(31)32/h8,20-23,25-26,28-29,34,37H,1,9-19H2,2-7H3/t20-,21+,22-,23+,25+,26-,28+,29+,30-,31+,32+/m1/s1. The molecule has 222 valence electrons. The normalized spacial score (nSPS) is 46.3. The summed E-state index contributed by atoms with van der Waals surface area (Å²) >= 11 is 1.51. The first-order valence-electron chi connectivity index (χ1n) is 15.4. The number of ketones is 1. The quantitative estimate of drug-likeness (QED) is 0.308. The summed E-state index contributed by atoms with van der Waals surface area (Å²) in [4.78, 5) is 29.5.